The van der Waals surface area contributed by atoms with Crippen molar-refractivity contribution in [2.45, 2.75) is 46.6 Å². The van der Waals surface area contributed by atoms with Gasteiger partial charge in [-0.2, -0.15) is 0 Å². The molecule has 3 rings (SSSR count). The van der Waals surface area contributed by atoms with E-state index in [-0.39, 0.29) is 0 Å². The van der Waals surface area contributed by atoms with Crippen LogP contribution in [-0.4, -0.2) is 32.5 Å². The Hall–Kier alpha value is -2.13. The zero-order valence-corrected chi connectivity index (χ0v) is 17.4. The summed E-state index contributed by atoms with van der Waals surface area (Å²) in [5, 5.41) is 0. The van der Waals surface area contributed by atoms with Crippen LogP contribution in [0.3, 0.4) is 0 Å². The lowest BCUT2D eigenvalue weighted by atomic mass is 9.98. The van der Waals surface area contributed by atoms with E-state index in [1.54, 1.807) is 4.90 Å². The summed E-state index contributed by atoms with van der Waals surface area (Å²) in [6.07, 6.45) is 0.959. The Morgan fingerprint density at radius 2 is 1.52 bits per heavy atom. The normalized spacial score (nSPS) is 16.6. The van der Waals surface area contributed by atoms with Crippen molar-refractivity contribution in [1.29, 1.82) is 0 Å². The first-order chi connectivity index (χ1) is 12.9. The summed E-state index contributed by atoms with van der Waals surface area (Å²) in [4.78, 5) is 15.3. The van der Waals surface area contributed by atoms with Gasteiger partial charge in [-0.15, -0.1) is 0 Å². The highest BCUT2D eigenvalue weighted by molar-refractivity contribution is 5.79. The maximum Gasteiger partial charge on any atom is 0.150 e. The molecule has 0 aliphatic carbocycles. The third kappa shape index (κ3) is 4.24. The quantitative estimate of drug-likeness (QED) is 0.817. The average Bonchev–Trinajstić information content (AvgIpc) is 2.69. The molecule has 1 fully saturated rings. The average molecular weight is 366 g/mol. The number of hydrogen-bond donors (Lipinski definition) is 1. The van der Waals surface area contributed by atoms with Crippen LogP contribution in [0.5, 0.6) is 0 Å². The van der Waals surface area contributed by atoms with E-state index in [0.717, 1.165) is 43.6 Å². The minimum absolute atomic E-state index is 0.522. The fraction of sp³-hybridized carbons (Fsp3) is 0.458. The minimum atomic E-state index is 0.522. The van der Waals surface area contributed by atoms with Crippen molar-refractivity contribution in [2.75, 3.05) is 31.1 Å². The Morgan fingerprint density at radius 1 is 0.926 bits per heavy atom. The first kappa shape index (κ1) is 19.6. The molecule has 0 spiro atoms. The van der Waals surface area contributed by atoms with Crippen LogP contribution in [0.2, 0.25) is 0 Å². The highest BCUT2D eigenvalue weighted by Gasteiger charge is 2.26. The molecule has 1 heterocycles. The number of hydrogen-bond acceptors (Lipinski definition) is 2. The number of quaternary nitrogens is 1. The van der Waals surface area contributed by atoms with Gasteiger partial charge in [-0.3, -0.25) is 4.79 Å². The Kier molecular flexibility index (Phi) is 6.01. The van der Waals surface area contributed by atoms with E-state index in [2.05, 4.69) is 62.9 Å². The number of nitrogens with one attached hydrogen (secondary N) is 1. The van der Waals surface area contributed by atoms with Gasteiger partial charge in [0.25, 0.3) is 0 Å². The highest BCUT2D eigenvalue weighted by Crippen LogP contribution is 2.24. The molecule has 0 bridgehead atoms. The van der Waals surface area contributed by atoms with Crippen LogP contribution in [0.1, 0.15) is 65.3 Å². The lowest BCUT2D eigenvalue weighted by molar-refractivity contribution is -0.930. The molecular weight excluding hydrogens is 332 g/mol. The number of piperazine rings is 1. The van der Waals surface area contributed by atoms with Gasteiger partial charge in [-0.1, -0.05) is 38.1 Å². The Morgan fingerprint density at radius 3 is 2.07 bits per heavy atom. The van der Waals surface area contributed by atoms with E-state index in [1.165, 1.54) is 22.4 Å². The number of nitrogens with zero attached hydrogens (tertiary/aromatic N) is 1. The first-order valence-electron chi connectivity index (χ1n) is 10.2. The van der Waals surface area contributed by atoms with E-state index in [0.29, 0.717) is 12.0 Å². The van der Waals surface area contributed by atoms with Gasteiger partial charge in [0.15, 0.2) is 0 Å². The van der Waals surface area contributed by atoms with Gasteiger partial charge in [0.1, 0.15) is 12.3 Å². The van der Waals surface area contributed by atoms with Crippen LogP contribution in [0, 0.1) is 13.8 Å². The van der Waals surface area contributed by atoms with Crippen LogP contribution in [0.4, 0.5) is 5.69 Å². The molecule has 1 saturated heterocycles. The Balaban J connectivity index is 1.66. The van der Waals surface area contributed by atoms with Crippen LogP contribution in [0.15, 0.2) is 36.4 Å². The van der Waals surface area contributed by atoms with Crippen LogP contribution < -0.4 is 9.80 Å². The van der Waals surface area contributed by atoms with Crippen LogP contribution in [-0.2, 0) is 0 Å². The molecule has 3 nitrogen and oxygen atoms in total. The summed E-state index contributed by atoms with van der Waals surface area (Å²) in [5.74, 6) is 0.586. The lowest BCUT2D eigenvalue weighted by Crippen LogP contribution is -3.14. The molecule has 3 heteroatoms. The van der Waals surface area contributed by atoms with Crippen molar-refractivity contribution in [3.05, 3.63) is 64.2 Å². The largest absolute Gasteiger partial charge is 0.360 e. The van der Waals surface area contributed by atoms with Crippen molar-refractivity contribution < 1.29 is 9.69 Å². The fourth-order valence-electron chi connectivity index (χ4n) is 4.16. The summed E-state index contributed by atoms with van der Waals surface area (Å²) >= 11 is 0. The molecule has 0 amide bonds. The molecule has 1 N–H and O–H groups in total. The van der Waals surface area contributed by atoms with Gasteiger partial charge in [-0.05, 0) is 55.5 Å². The van der Waals surface area contributed by atoms with Gasteiger partial charge in [-0.25, -0.2) is 0 Å². The van der Waals surface area contributed by atoms with Crippen molar-refractivity contribution in [3.63, 3.8) is 0 Å². The van der Waals surface area contributed by atoms with E-state index >= 15 is 0 Å². The van der Waals surface area contributed by atoms with E-state index < -0.39 is 0 Å². The molecule has 0 saturated carbocycles. The minimum Gasteiger partial charge on any atom is -0.360 e. The van der Waals surface area contributed by atoms with E-state index in [1.807, 2.05) is 13.0 Å². The topological polar surface area (TPSA) is 24.8 Å². The molecule has 27 heavy (non-hydrogen) atoms. The first-order valence-corrected chi connectivity index (χ1v) is 10.2. The lowest BCUT2D eigenvalue weighted by Gasteiger charge is -2.37. The number of carbonyl (C=O) groups excluding carboxylic acids is 1. The van der Waals surface area contributed by atoms with Crippen LogP contribution >= 0.6 is 0 Å². The molecular formula is C24H33N2O+. The van der Waals surface area contributed by atoms with E-state index in [9.17, 15) is 4.79 Å². The maximum absolute atomic E-state index is 11.2. The Bertz CT molecular complexity index is 787. The van der Waals surface area contributed by atoms with Crippen molar-refractivity contribution in [2.24, 2.45) is 0 Å². The van der Waals surface area contributed by atoms with Gasteiger partial charge in [0, 0.05) is 16.8 Å². The number of benzene rings is 2. The number of aryl methyl sites for hydroxylation is 2. The summed E-state index contributed by atoms with van der Waals surface area (Å²) < 4.78 is 0. The Labute approximate surface area is 164 Å². The van der Waals surface area contributed by atoms with Gasteiger partial charge in [0.2, 0.25) is 0 Å². The summed E-state index contributed by atoms with van der Waals surface area (Å²) in [6, 6.07) is 13.9. The second-order valence-electron chi connectivity index (χ2n) is 8.30. The smallest absolute Gasteiger partial charge is 0.150 e. The number of rotatable bonds is 5. The molecule has 0 unspecified atom stereocenters. The monoisotopic (exact) mass is 365 g/mol. The molecule has 0 radical (unpaired) electrons. The van der Waals surface area contributed by atoms with E-state index in [4.69, 9.17) is 0 Å². The zero-order chi connectivity index (χ0) is 19.6. The standard InChI is InChI=1S/C24H32N2O/c1-17(2)21-6-8-22(9-7-21)20(5)25-10-12-26(13-11-25)24-15-18(3)23(16-27)14-19(24)4/h6-9,14-17,20H,10-13H2,1-5H3/p+1/t20-/m1/s1. The predicted molar refractivity (Wildman–Crippen MR) is 113 cm³/mol. The SMILES string of the molecule is Cc1cc(N2CC[NH+]([C@H](C)c3ccc(C(C)C)cc3)CC2)c(C)cc1C=O. The number of anilines is 1. The molecule has 1 aliphatic rings. The second-order valence-corrected chi connectivity index (χ2v) is 8.30. The summed E-state index contributed by atoms with van der Waals surface area (Å²) in [6.45, 7) is 15.4. The summed E-state index contributed by atoms with van der Waals surface area (Å²) in [7, 11) is 0. The molecule has 144 valence electrons. The molecule has 0 aromatic heterocycles. The predicted octanol–water partition coefficient (Wildman–Crippen LogP) is 3.71. The summed E-state index contributed by atoms with van der Waals surface area (Å²) in [5.41, 5.74) is 7.20. The maximum atomic E-state index is 11.2. The van der Waals surface area contributed by atoms with Gasteiger partial charge >= 0.3 is 0 Å². The molecule has 1 aliphatic heterocycles. The van der Waals surface area contributed by atoms with Crippen LogP contribution in [0.25, 0.3) is 0 Å². The highest BCUT2D eigenvalue weighted by atomic mass is 16.1. The number of aldehydes is 1. The van der Waals surface area contributed by atoms with Crippen molar-refractivity contribution >= 4 is 12.0 Å². The third-order valence-electron chi connectivity index (χ3n) is 6.17. The van der Waals surface area contributed by atoms with Crippen molar-refractivity contribution in [1.82, 2.24) is 0 Å². The third-order valence-corrected chi connectivity index (χ3v) is 6.17. The fourth-order valence-corrected chi connectivity index (χ4v) is 4.16. The number of carbonyl (C=O) groups is 1. The second kappa shape index (κ2) is 8.26. The molecule has 2 aromatic carbocycles. The van der Waals surface area contributed by atoms with Crippen molar-refractivity contribution in [3.8, 4) is 0 Å². The molecule has 1 atom stereocenters. The van der Waals surface area contributed by atoms with Gasteiger partial charge < -0.3 is 9.80 Å². The van der Waals surface area contributed by atoms with Gasteiger partial charge in [0.05, 0.1) is 26.2 Å². The zero-order valence-electron chi connectivity index (χ0n) is 17.4. The molecule has 2 aromatic rings.